The van der Waals surface area contributed by atoms with Crippen LogP contribution in [0, 0.1) is 5.92 Å². The highest BCUT2D eigenvalue weighted by molar-refractivity contribution is 6.24. The van der Waals surface area contributed by atoms with Gasteiger partial charge in [0.1, 0.15) is 16.9 Å². The van der Waals surface area contributed by atoms with Crippen molar-refractivity contribution in [3.8, 4) is 0 Å². The molecule has 0 aromatic carbocycles. The van der Waals surface area contributed by atoms with Crippen molar-refractivity contribution >= 4 is 17.7 Å². The quantitative estimate of drug-likeness (QED) is 0.145. The Morgan fingerprint density at radius 2 is 1.69 bits per heavy atom. The number of carboxylic acid groups (broad SMARTS) is 1. The van der Waals surface area contributed by atoms with Gasteiger partial charge in [0.05, 0.1) is 6.42 Å². The van der Waals surface area contributed by atoms with E-state index in [1.54, 1.807) is 6.08 Å². The van der Waals surface area contributed by atoms with E-state index in [2.05, 4.69) is 13.8 Å². The Kier molecular flexibility index (Phi) is 10.5. The Hall–Kier alpha value is -2.11. The van der Waals surface area contributed by atoms with Gasteiger partial charge in [-0.2, -0.15) is 0 Å². The number of ketones is 1. The highest BCUT2D eigenvalue weighted by Crippen LogP contribution is 2.35. The molecule has 6 nitrogen and oxygen atoms in total. The Labute approximate surface area is 192 Å². The summed E-state index contributed by atoms with van der Waals surface area (Å²) in [6.07, 6.45) is 16.6. The molecule has 2 heterocycles. The zero-order valence-corrected chi connectivity index (χ0v) is 20.0. The normalized spacial score (nSPS) is 25.8. The maximum Gasteiger partial charge on any atom is 0.346 e. The number of Topliss-reactive ketones (excluding diaryl/α,β-unsaturated/α-hetero) is 1. The van der Waals surface area contributed by atoms with Gasteiger partial charge < -0.3 is 14.6 Å². The van der Waals surface area contributed by atoms with Crippen LogP contribution in [0.3, 0.4) is 0 Å². The molecule has 2 aliphatic heterocycles. The Morgan fingerprint density at radius 3 is 2.34 bits per heavy atom. The molecule has 0 bridgehead atoms. The minimum absolute atomic E-state index is 0.167. The lowest BCUT2D eigenvalue weighted by molar-refractivity contribution is -0.147. The number of allylic oxidation sites excluding steroid dienone is 1. The first-order valence-electron chi connectivity index (χ1n) is 12.3. The molecule has 1 fully saturated rings. The van der Waals surface area contributed by atoms with Gasteiger partial charge in [-0.15, -0.1) is 0 Å². The average Bonchev–Trinajstić information content (AvgIpc) is 3.22. The van der Waals surface area contributed by atoms with Crippen LogP contribution in [-0.4, -0.2) is 34.5 Å². The number of carbonyl (C=O) groups excluding carboxylic acids is 2. The van der Waals surface area contributed by atoms with Crippen LogP contribution in [0.25, 0.3) is 0 Å². The second kappa shape index (κ2) is 12.8. The largest absolute Gasteiger partial charge is 0.482 e. The highest BCUT2D eigenvalue weighted by Gasteiger charge is 2.44. The van der Waals surface area contributed by atoms with Crippen LogP contribution < -0.4 is 0 Å². The van der Waals surface area contributed by atoms with Crippen LogP contribution in [0.5, 0.6) is 0 Å². The summed E-state index contributed by atoms with van der Waals surface area (Å²) in [7, 11) is 0. The molecule has 180 valence electrons. The van der Waals surface area contributed by atoms with Crippen LogP contribution in [0.15, 0.2) is 23.5 Å². The molecule has 0 aromatic rings. The summed E-state index contributed by atoms with van der Waals surface area (Å²) in [5.74, 6) is -1.73. The van der Waals surface area contributed by atoms with E-state index < -0.39 is 35.8 Å². The SMILES string of the molecule is CCCCCCCCCC[C@@H](C)CCC[C@@]1(C)C=C/C(=C2/C(=O)O[C@H](CC(=O)O)C2=O)O1. The summed E-state index contributed by atoms with van der Waals surface area (Å²) in [4.78, 5) is 35.3. The summed E-state index contributed by atoms with van der Waals surface area (Å²) in [5.41, 5.74) is -0.731. The fourth-order valence-electron chi connectivity index (χ4n) is 4.43. The van der Waals surface area contributed by atoms with E-state index in [0.29, 0.717) is 5.92 Å². The molecule has 3 atom stereocenters. The molecule has 0 aromatic heterocycles. The molecule has 0 unspecified atom stereocenters. The third-order valence-electron chi connectivity index (χ3n) is 6.45. The van der Waals surface area contributed by atoms with Crippen molar-refractivity contribution in [3.05, 3.63) is 23.5 Å². The van der Waals surface area contributed by atoms with E-state index in [1.807, 2.05) is 13.0 Å². The van der Waals surface area contributed by atoms with Gasteiger partial charge in [-0.25, -0.2) is 4.79 Å². The van der Waals surface area contributed by atoms with Gasteiger partial charge in [-0.05, 0) is 37.8 Å². The van der Waals surface area contributed by atoms with Crippen LogP contribution in [0.4, 0.5) is 0 Å². The molecule has 0 spiro atoms. The van der Waals surface area contributed by atoms with Gasteiger partial charge in [0, 0.05) is 0 Å². The molecule has 0 saturated carbocycles. The molecule has 32 heavy (non-hydrogen) atoms. The van der Waals surface area contributed by atoms with Gasteiger partial charge in [0.15, 0.2) is 6.10 Å². The van der Waals surface area contributed by atoms with Gasteiger partial charge in [-0.3, -0.25) is 9.59 Å². The van der Waals surface area contributed by atoms with Gasteiger partial charge >= 0.3 is 11.9 Å². The molecule has 2 rings (SSSR count). The Morgan fingerprint density at radius 1 is 1.06 bits per heavy atom. The zero-order valence-electron chi connectivity index (χ0n) is 20.0. The van der Waals surface area contributed by atoms with Crippen LogP contribution >= 0.6 is 0 Å². The molecule has 6 heteroatoms. The van der Waals surface area contributed by atoms with E-state index >= 15 is 0 Å². The minimum atomic E-state index is -1.26. The molecular weight excluding hydrogens is 408 g/mol. The summed E-state index contributed by atoms with van der Waals surface area (Å²) >= 11 is 0. The van der Waals surface area contributed by atoms with Crippen molar-refractivity contribution in [1.29, 1.82) is 0 Å². The summed E-state index contributed by atoms with van der Waals surface area (Å²) < 4.78 is 10.9. The van der Waals surface area contributed by atoms with Crippen LogP contribution in [0.2, 0.25) is 0 Å². The van der Waals surface area contributed by atoms with Crippen molar-refractivity contribution in [2.24, 2.45) is 5.92 Å². The first-order chi connectivity index (χ1) is 15.3. The Bertz CT molecular complexity index is 722. The highest BCUT2D eigenvalue weighted by atomic mass is 16.6. The summed E-state index contributed by atoms with van der Waals surface area (Å²) in [5, 5.41) is 8.87. The summed E-state index contributed by atoms with van der Waals surface area (Å²) in [6, 6.07) is 0. The number of esters is 1. The van der Waals surface area contributed by atoms with Crippen LogP contribution in [-0.2, 0) is 23.9 Å². The number of aliphatic carboxylic acids is 1. The topological polar surface area (TPSA) is 89.9 Å². The lowest BCUT2D eigenvalue weighted by atomic mass is 9.92. The van der Waals surface area contributed by atoms with E-state index in [1.165, 1.54) is 57.8 Å². The van der Waals surface area contributed by atoms with Gasteiger partial charge in [0.2, 0.25) is 5.78 Å². The molecule has 2 aliphatic rings. The first-order valence-corrected chi connectivity index (χ1v) is 12.3. The lowest BCUT2D eigenvalue weighted by Gasteiger charge is -2.24. The van der Waals surface area contributed by atoms with Crippen molar-refractivity contribution in [1.82, 2.24) is 0 Å². The molecule has 1 saturated heterocycles. The van der Waals surface area contributed by atoms with Crippen molar-refractivity contribution < 1.29 is 29.0 Å². The molecular formula is C26H40O6. The fourth-order valence-corrected chi connectivity index (χ4v) is 4.43. The number of carbonyl (C=O) groups is 3. The van der Waals surface area contributed by atoms with E-state index in [-0.39, 0.29) is 11.3 Å². The number of rotatable bonds is 15. The summed E-state index contributed by atoms with van der Waals surface area (Å²) in [6.45, 7) is 6.50. The standard InChI is InChI=1S/C26H40O6/c1-4-5-6-7-8-9-10-11-13-19(2)14-12-16-26(3)17-15-20(32-26)23-24(29)21(18-22(27)28)31-25(23)30/h15,17,19,21H,4-14,16,18H2,1-3H3,(H,27,28)/b23-20-/t19-,21-,26+/m1/s1. The maximum absolute atomic E-state index is 12.4. The molecule has 0 aliphatic carbocycles. The average molecular weight is 449 g/mol. The second-order valence-corrected chi connectivity index (χ2v) is 9.60. The van der Waals surface area contributed by atoms with Crippen molar-refractivity contribution in [2.75, 3.05) is 0 Å². The number of hydrogen-bond acceptors (Lipinski definition) is 5. The van der Waals surface area contributed by atoms with Gasteiger partial charge in [0.25, 0.3) is 0 Å². The van der Waals surface area contributed by atoms with Crippen molar-refractivity contribution in [3.63, 3.8) is 0 Å². The van der Waals surface area contributed by atoms with E-state index in [0.717, 1.165) is 19.3 Å². The minimum Gasteiger partial charge on any atom is -0.482 e. The number of unbranched alkanes of at least 4 members (excludes halogenated alkanes) is 7. The zero-order chi connectivity index (χ0) is 23.6. The lowest BCUT2D eigenvalue weighted by Crippen LogP contribution is -2.23. The predicted octanol–water partition coefficient (Wildman–Crippen LogP) is 5.89. The molecule has 0 radical (unpaired) electrons. The van der Waals surface area contributed by atoms with Crippen LogP contribution in [0.1, 0.15) is 104 Å². The fraction of sp³-hybridized carbons (Fsp3) is 0.731. The smallest absolute Gasteiger partial charge is 0.346 e. The van der Waals surface area contributed by atoms with Crippen molar-refractivity contribution in [2.45, 2.75) is 116 Å². The third-order valence-corrected chi connectivity index (χ3v) is 6.45. The number of carboxylic acids is 1. The molecule has 1 N–H and O–H groups in total. The maximum atomic E-state index is 12.4. The second-order valence-electron chi connectivity index (χ2n) is 9.60. The third kappa shape index (κ3) is 8.10. The first kappa shape index (κ1) is 26.1. The number of hydrogen-bond donors (Lipinski definition) is 1. The Balaban J connectivity index is 1.69. The van der Waals surface area contributed by atoms with E-state index in [4.69, 9.17) is 14.6 Å². The van der Waals surface area contributed by atoms with Gasteiger partial charge in [-0.1, -0.05) is 78.1 Å². The molecule has 0 amide bonds. The number of ether oxygens (including phenoxy) is 2. The monoisotopic (exact) mass is 448 g/mol. The number of cyclic esters (lactones) is 1. The predicted molar refractivity (Wildman–Crippen MR) is 123 cm³/mol. The van der Waals surface area contributed by atoms with E-state index in [9.17, 15) is 14.4 Å².